The van der Waals surface area contributed by atoms with E-state index in [0.29, 0.717) is 37.4 Å². The highest BCUT2D eigenvalue weighted by Gasteiger charge is 2.18. The second kappa shape index (κ2) is 8.24. The lowest BCUT2D eigenvalue weighted by Crippen LogP contribution is -2.30. The number of hydrogen-bond donors (Lipinski definition) is 2. The van der Waals surface area contributed by atoms with Crippen molar-refractivity contribution in [2.75, 3.05) is 18.5 Å². The van der Waals surface area contributed by atoms with Crippen molar-refractivity contribution in [2.24, 2.45) is 5.73 Å². The molecule has 3 N–H and O–H groups in total. The maximum Gasteiger partial charge on any atom is 0.186 e. The molecule has 1 aromatic heterocycles. The summed E-state index contributed by atoms with van der Waals surface area (Å²) in [7, 11) is 0. The number of aryl methyl sites for hydroxylation is 1. The van der Waals surface area contributed by atoms with Crippen LogP contribution >= 0.6 is 0 Å². The number of anilines is 1. The molecule has 0 spiro atoms. The van der Waals surface area contributed by atoms with Crippen molar-refractivity contribution in [3.8, 4) is 0 Å². The third kappa shape index (κ3) is 4.89. The molecule has 21 heavy (non-hydrogen) atoms. The van der Waals surface area contributed by atoms with Crippen LogP contribution in [0.1, 0.15) is 44.7 Å². The molecule has 0 saturated heterocycles. The standard InChI is InChI=1S/C15H25FN4O/c1-2-13-14(16)15(20-10-19-13)18-8-3-9-21-12-6-4-11(17)5-7-12/h10-12H,2-9,17H2,1H3,(H,18,19,20). The molecule has 6 heteroatoms. The van der Waals surface area contributed by atoms with Crippen LogP contribution in [0, 0.1) is 5.82 Å². The van der Waals surface area contributed by atoms with E-state index in [1.165, 1.54) is 6.33 Å². The van der Waals surface area contributed by atoms with Crippen molar-refractivity contribution >= 4 is 5.82 Å². The number of nitrogens with one attached hydrogen (secondary N) is 1. The molecule has 1 heterocycles. The highest BCUT2D eigenvalue weighted by Crippen LogP contribution is 2.20. The van der Waals surface area contributed by atoms with Gasteiger partial charge in [0, 0.05) is 19.2 Å². The van der Waals surface area contributed by atoms with Crippen molar-refractivity contribution < 1.29 is 9.13 Å². The fraction of sp³-hybridized carbons (Fsp3) is 0.733. The first-order chi connectivity index (χ1) is 10.2. The molecular formula is C15H25FN4O. The monoisotopic (exact) mass is 296 g/mol. The summed E-state index contributed by atoms with van der Waals surface area (Å²) in [6.07, 6.45) is 7.33. The van der Waals surface area contributed by atoms with E-state index >= 15 is 0 Å². The molecule has 0 aliphatic heterocycles. The molecule has 0 unspecified atom stereocenters. The van der Waals surface area contributed by atoms with Gasteiger partial charge in [-0.05, 0) is 38.5 Å². The number of rotatable bonds is 7. The Morgan fingerprint density at radius 2 is 2.10 bits per heavy atom. The molecule has 5 nitrogen and oxygen atoms in total. The SMILES string of the molecule is CCc1ncnc(NCCCOC2CCC(N)CC2)c1F. The minimum atomic E-state index is -0.345. The molecule has 1 aliphatic carbocycles. The van der Waals surface area contributed by atoms with Crippen molar-refractivity contribution in [3.05, 3.63) is 17.8 Å². The molecule has 0 aromatic carbocycles. The minimum absolute atomic E-state index is 0.283. The number of halogens is 1. The minimum Gasteiger partial charge on any atom is -0.378 e. The summed E-state index contributed by atoms with van der Waals surface area (Å²) in [5, 5.41) is 3.01. The molecule has 0 bridgehead atoms. The molecular weight excluding hydrogens is 271 g/mol. The summed E-state index contributed by atoms with van der Waals surface area (Å²) in [5.74, 6) is -0.0623. The molecule has 118 valence electrons. The average Bonchev–Trinajstić information content (AvgIpc) is 2.50. The van der Waals surface area contributed by atoms with Crippen LogP contribution < -0.4 is 11.1 Å². The first-order valence-corrected chi connectivity index (χ1v) is 7.81. The largest absolute Gasteiger partial charge is 0.378 e. The van der Waals surface area contributed by atoms with Gasteiger partial charge in [0.1, 0.15) is 6.33 Å². The topological polar surface area (TPSA) is 73.1 Å². The van der Waals surface area contributed by atoms with Crippen LogP contribution in [0.25, 0.3) is 0 Å². The fourth-order valence-electron chi connectivity index (χ4n) is 2.56. The van der Waals surface area contributed by atoms with Crippen molar-refractivity contribution in [1.82, 2.24) is 9.97 Å². The first kappa shape index (κ1) is 16.1. The van der Waals surface area contributed by atoms with Crippen LogP contribution in [0.3, 0.4) is 0 Å². The maximum atomic E-state index is 13.9. The fourth-order valence-corrected chi connectivity index (χ4v) is 2.56. The van der Waals surface area contributed by atoms with Gasteiger partial charge in [0.05, 0.1) is 11.8 Å². The van der Waals surface area contributed by atoms with E-state index in [1.807, 2.05) is 6.92 Å². The number of ether oxygens (including phenoxy) is 1. The molecule has 1 aromatic rings. The Morgan fingerprint density at radius 3 is 2.81 bits per heavy atom. The van der Waals surface area contributed by atoms with Crippen LogP contribution in [0.5, 0.6) is 0 Å². The van der Waals surface area contributed by atoms with Crippen LogP contribution in [0.15, 0.2) is 6.33 Å². The number of aromatic nitrogens is 2. The van der Waals surface area contributed by atoms with Gasteiger partial charge < -0.3 is 15.8 Å². The summed E-state index contributed by atoms with van der Waals surface area (Å²) in [4.78, 5) is 7.84. The lowest BCUT2D eigenvalue weighted by Gasteiger charge is -2.26. The van der Waals surface area contributed by atoms with Gasteiger partial charge in [0.15, 0.2) is 11.6 Å². The van der Waals surface area contributed by atoms with Gasteiger partial charge in [0.2, 0.25) is 0 Å². The highest BCUT2D eigenvalue weighted by atomic mass is 19.1. The van der Waals surface area contributed by atoms with Gasteiger partial charge in [-0.2, -0.15) is 0 Å². The van der Waals surface area contributed by atoms with Crippen LogP contribution in [-0.4, -0.2) is 35.3 Å². The molecule has 0 amide bonds. The summed E-state index contributed by atoms with van der Waals surface area (Å²) < 4.78 is 19.7. The zero-order valence-corrected chi connectivity index (χ0v) is 12.6. The third-order valence-corrected chi connectivity index (χ3v) is 3.88. The number of hydrogen-bond acceptors (Lipinski definition) is 5. The Hall–Kier alpha value is -1.27. The van der Waals surface area contributed by atoms with E-state index in [1.54, 1.807) is 0 Å². The number of nitrogens with two attached hydrogens (primary N) is 1. The summed E-state index contributed by atoms with van der Waals surface area (Å²) >= 11 is 0. The summed E-state index contributed by atoms with van der Waals surface area (Å²) in [5.41, 5.74) is 6.31. The van der Waals surface area contributed by atoms with E-state index in [4.69, 9.17) is 10.5 Å². The Balaban J connectivity index is 1.64. The predicted octanol–water partition coefficient (Wildman–Crippen LogP) is 2.27. The summed E-state index contributed by atoms with van der Waals surface area (Å²) in [6, 6.07) is 0.347. The van der Waals surface area contributed by atoms with Crippen LogP contribution in [-0.2, 0) is 11.2 Å². The molecule has 1 aliphatic rings. The molecule has 1 fully saturated rings. The zero-order chi connectivity index (χ0) is 15.1. The molecule has 0 atom stereocenters. The van der Waals surface area contributed by atoms with Gasteiger partial charge in [-0.1, -0.05) is 6.92 Å². The van der Waals surface area contributed by atoms with Gasteiger partial charge in [-0.3, -0.25) is 0 Å². The molecule has 0 radical (unpaired) electrons. The first-order valence-electron chi connectivity index (χ1n) is 7.81. The Kier molecular flexibility index (Phi) is 6.32. The van der Waals surface area contributed by atoms with Crippen LogP contribution in [0.2, 0.25) is 0 Å². The Morgan fingerprint density at radius 1 is 1.33 bits per heavy atom. The smallest absolute Gasteiger partial charge is 0.186 e. The molecule has 2 rings (SSSR count). The molecule has 1 saturated carbocycles. The van der Waals surface area contributed by atoms with Crippen molar-refractivity contribution in [2.45, 2.75) is 57.6 Å². The van der Waals surface area contributed by atoms with E-state index in [0.717, 1.165) is 32.1 Å². The normalized spacial score (nSPS) is 22.2. The quantitative estimate of drug-likeness (QED) is 0.755. The van der Waals surface area contributed by atoms with Gasteiger partial charge in [0.25, 0.3) is 0 Å². The number of nitrogens with zero attached hydrogens (tertiary/aromatic N) is 2. The van der Waals surface area contributed by atoms with Gasteiger partial charge >= 0.3 is 0 Å². The second-order valence-electron chi connectivity index (χ2n) is 5.52. The second-order valence-corrected chi connectivity index (χ2v) is 5.52. The lowest BCUT2D eigenvalue weighted by molar-refractivity contribution is 0.0251. The van der Waals surface area contributed by atoms with E-state index in [-0.39, 0.29) is 11.6 Å². The Bertz CT molecular complexity index is 436. The van der Waals surface area contributed by atoms with E-state index in [2.05, 4.69) is 15.3 Å². The predicted molar refractivity (Wildman–Crippen MR) is 80.7 cm³/mol. The third-order valence-electron chi connectivity index (χ3n) is 3.88. The van der Waals surface area contributed by atoms with E-state index < -0.39 is 0 Å². The van der Waals surface area contributed by atoms with Crippen molar-refractivity contribution in [1.29, 1.82) is 0 Å². The highest BCUT2D eigenvalue weighted by molar-refractivity contribution is 5.37. The zero-order valence-electron chi connectivity index (χ0n) is 12.6. The maximum absolute atomic E-state index is 13.9. The summed E-state index contributed by atoms with van der Waals surface area (Å²) in [6.45, 7) is 3.20. The lowest BCUT2D eigenvalue weighted by atomic mass is 9.94. The van der Waals surface area contributed by atoms with E-state index in [9.17, 15) is 4.39 Å². The van der Waals surface area contributed by atoms with Gasteiger partial charge in [-0.25, -0.2) is 14.4 Å². The average molecular weight is 296 g/mol. The Labute approximate surface area is 125 Å². The van der Waals surface area contributed by atoms with Crippen molar-refractivity contribution in [3.63, 3.8) is 0 Å². The van der Waals surface area contributed by atoms with Gasteiger partial charge in [-0.15, -0.1) is 0 Å². The van der Waals surface area contributed by atoms with Crippen LogP contribution in [0.4, 0.5) is 10.2 Å².